The molecule has 1 atom stereocenters. The van der Waals surface area contributed by atoms with Gasteiger partial charge in [-0.05, 0) is 49.4 Å². The van der Waals surface area contributed by atoms with E-state index in [0.29, 0.717) is 34.8 Å². The molecule has 1 fully saturated rings. The lowest BCUT2D eigenvalue weighted by molar-refractivity contribution is -0.137. The molecule has 1 aliphatic rings. The van der Waals surface area contributed by atoms with Crippen molar-refractivity contribution in [3.05, 3.63) is 69.2 Å². The molecule has 0 spiro atoms. The van der Waals surface area contributed by atoms with Crippen LogP contribution in [0, 0.1) is 0 Å². The molecule has 1 aliphatic heterocycles. The van der Waals surface area contributed by atoms with Crippen LogP contribution in [0.15, 0.2) is 52.2 Å². The first kappa shape index (κ1) is 24.6. The fraction of sp³-hybridized carbons (Fsp3) is 0.364. The Labute approximate surface area is 199 Å². The molecular weight excluding hydrogens is 493 g/mol. The molecule has 4 rings (SSSR count). The van der Waals surface area contributed by atoms with E-state index in [2.05, 4.69) is 4.98 Å². The Bertz CT molecular complexity index is 1380. The number of piperazine rings is 1. The zero-order valence-corrected chi connectivity index (χ0v) is 20.0. The molecule has 182 valence electrons. The topological polar surface area (TPSA) is 75.5 Å². The van der Waals surface area contributed by atoms with Gasteiger partial charge in [0.1, 0.15) is 5.82 Å². The van der Waals surface area contributed by atoms with Gasteiger partial charge >= 0.3 is 6.18 Å². The first-order valence-corrected chi connectivity index (χ1v) is 12.3. The van der Waals surface area contributed by atoms with Gasteiger partial charge in [0.05, 0.1) is 27.4 Å². The Morgan fingerprint density at radius 3 is 2.24 bits per heavy atom. The van der Waals surface area contributed by atoms with Gasteiger partial charge in [-0.1, -0.05) is 11.6 Å². The van der Waals surface area contributed by atoms with E-state index in [-0.39, 0.29) is 29.6 Å². The number of rotatable bonds is 4. The van der Waals surface area contributed by atoms with Crippen LogP contribution < -0.4 is 5.56 Å². The third-order valence-electron chi connectivity index (χ3n) is 6.09. The highest BCUT2D eigenvalue weighted by Crippen LogP contribution is 2.30. The van der Waals surface area contributed by atoms with E-state index in [4.69, 9.17) is 11.6 Å². The predicted molar refractivity (Wildman–Crippen MR) is 122 cm³/mol. The Morgan fingerprint density at radius 2 is 1.65 bits per heavy atom. The molecule has 2 aromatic carbocycles. The third kappa shape index (κ3) is 4.57. The van der Waals surface area contributed by atoms with E-state index in [9.17, 15) is 26.4 Å². The summed E-state index contributed by atoms with van der Waals surface area (Å²) in [5.41, 5.74) is -0.600. The van der Waals surface area contributed by atoms with Crippen molar-refractivity contribution >= 4 is 32.5 Å². The predicted octanol–water partition coefficient (Wildman–Crippen LogP) is 3.67. The number of aromatic nitrogens is 2. The van der Waals surface area contributed by atoms with Crippen molar-refractivity contribution in [1.82, 2.24) is 18.8 Å². The monoisotopic (exact) mass is 514 g/mol. The number of alkyl halides is 3. The largest absolute Gasteiger partial charge is 0.416 e. The normalized spacial score (nSPS) is 17.2. The number of hydrogen-bond acceptors (Lipinski definition) is 5. The van der Waals surface area contributed by atoms with E-state index < -0.39 is 21.8 Å². The first-order valence-electron chi connectivity index (χ1n) is 10.5. The molecule has 7 nitrogen and oxygen atoms in total. The molecule has 34 heavy (non-hydrogen) atoms. The highest BCUT2D eigenvalue weighted by atomic mass is 35.5. The minimum atomic E-state index is -4.53. The zero-order chi connectivity index (χ0) is 24.8. The molecular formula is C22H22ClF3N4O3S. The van der Waals surface area contributed by atoms with Gasteiger partial charge in [0.15, 0.2) is 0 Å². The number of nitrogens with zero attached hydrogens (tertiary/aromatic N) is 4. The van der Waals surface area contributed by atoms with Crippen LogP contribution in [0.5, 0.6) is 0 Å². The third-order valence-corrected chi connectivity index (χ3v) is 8.23. The molecule has 1 unspecified atom stereocenters. The van der Waals surface area contributed by atoms with Gasteiger partial charge in [-0.15, -0.1) is 0 Å². The highest BCUT2D eigenvalue weighted by Gasteiger charge is 2.33. The van der Waals surface area contributed by atoms with Crippen molar-refractivity contribution in [2.75, 3.05) is 26.2 Å². The number of fused-ring (bicyclic) bond motifs is 1. The lowest BCUT2D eigenvalue weighted by atomic mass is 10.2. The second-order valence-electron chi connectivity index (χ2n) is 8.13. The van der Waals surface area contributed by atoms with Gasteiger partial charge in [0.25, 0.3) is 5.56 Å². The molecule has 0 N–H and O–H groups in total. The van der Waals surface area contributed by atoms with Crippen molar-refractivity contribution in [3.8, 4) is 0 Å². The van der Waals surface area contributed by atoms with E-state index in [0.717, 1.165) is 24.3 Å². The fourth-order valence-corrected chi connectivity index (χ4v) is 5.69. The average Bonchev–Trinajstić information content (AvgIpc) is 2.81. The quantitative estimate of drug-likeness (QED) is 0.531. The van der Waals surface area contributed by atoms with Crippen molar-refractivity contribution in [2.45, 2.75) is 24.0 Å². The number of benzene rings is 2. The summed E-state index contributed by atoms with van der Waals surface area (Å²) in [4.78, 5) is 19.3. The molecule has 1 saturated heterocycles. The summed E-state index contributed by atoms with van der Waals surface area (Å²) >= 11 is 6.00. The van der Waals surface area contributed by atoms with Crippen molar-refractivity contribution in [3.63, 3.8) is 0 Å². The van der Waals surface area contributed by atoms with Gasteiger partial charge in [-0.25, -0.2) is 13.4 Å². The SMILES string of the molecule is CC(c1nc2ccc(Cl)cc2c(=O)n1C)N1CCN(S(=O)(=O)c2ccc(C(F)(F)F)cc2)CC1. The van der Waals surface area contributed by atoms with Crippen LogP contribution >= 0.6 is 11.6 Å². The molecule has 12 heteroatoms. The Hall–Kier alpha value is -2.47. The summed E-state index contributed by atoms with van der Waals surface area (Å²) in [5.74, 6) is 0.541. The van der Waals surface area contributed by atoms with Crippen LogP contribution in [0.25, 0.3) is 10.9 Å². The van der Waals surface area contributed by atoms with Crippen LogP contribution in [0.1, 0.15) is 24.4 Å². The minimum absolute atomic E-state index is 0.158. The van der Waals surface area contributed by atoms with Gasteiger partial charge in [-0.3, -0.25) is 14.3 Å². The minimum Gasteiger partial charge on any atom is -0.298 e. The molecule has 0 aliphatic carbocycles. The maximum Gasteiger partial charge on any atom is 0.416 e. The molecule has 1 aromatic heterocycles. The van der Waals surface area contributed by atoms with Crippen LogP contribution in [0.3, 0.4) is 0 Å². The maximum absolute atomic E-state index is 12.9. The smallest absolute Gasteiger partial charge is 0.298 e. The van der Waals surface area contributed by atoms with E-state index >= 15 is 0 Å². The van der Waals surface area contributed by atoms with Crippen LogP contribution in [-0.4, -0.2) is 53.4 Å². The summed E-state index contributed by atoms with van der Waals surface area (Å²) in [6, 6.07) is 8.15. The van der Waals surface area contributed by atoms with Gasteiger partial charge in [0.2, 0.25) is 10.0 Å². The van der Waals surface area contributed by atoms with Crippen LogP contribution in [0.4, 0.5) is 13.2 Å². The van der Waals surface area contributed by atoms with E-state index in [1.54, 1.807) is 25.2 Å². The highest BCUT2D eigenvalue weighted by molar-refractivity contribution is 7.89. The van der Waals surface area contributed by atoms with Crippen LogP contribution in [0.2, 0.25) is 5.02 Å². The lowest BCUT2D eigenvalue weighted by Crippen LogP contribution is -2.49. The molecule has 0 radical (unpaired) electrons. The van der Waals surface area contributed by atoms with Gasteiger partial charge < -0.3 is 0 Å². The number of halogens is 4. The van der Waals surface area contributed by atoms with Crippen LogP contribution in [-0.2, 0) is 23.2 Å². The summed E-state index contributed by atoms with van der Waals surface area (Å²) in [5, 5.41) is 0.857. The standard InChI is InChI=1S/C22H22ClF3N4O3S/c1-14(20-27-19-8-5-16(23)13-18(19)21(31)28(20)2)29-9-11-30(12-10-29)34(32,33)17-6-3-15(4-7-17)22(24,25)26/h3-8,13-14H,9-12H2,1-2H3. The second-order valence-corrected chi connectivity index (χ2v) is 10.5. The first-order chi connectivity index (χ1) is 15.9. The summed E-state index contributed by atoms with van der Waals surface area (Å²) < 4.78 is 66.9. The van der Waals surface area contributed by atoms with Gasteiger partial charge in [0, 0.05) is 38.2 Å². The van der Waals surface area contributed by atoms with Crippen molar-refractivity contribution in [2.24, 2.45) is 7.05 Å². The molecule has 0 amide bonds. The molecule has 2 heterocycles. The second kappa shape index (κ2) is 8.95. The molecule has 0 bridgehead atoms. The Kier molecular flexibility index (Phi) is 6.49. The molecule has 3 aromatic rings. The number of sulfonamides is 1. The average molecular weight is 515 g/mol. The van der Waals surface area contributed by atoms with Gasteiger partial charge in [-0.2, -0.15) is 17.5 Å². The summed E-state index contributed by atoms with van der Waals surface area (Å²) in [6.07, 6.45) is -4.53. The Balaban J connectivity index is 1.51. The Morgan fingerprint density at radius 1 is 1.03 bits per heavy atom. The van der Waals surface area contributed by atoms with E-state index in [1.165, 1.54) is 8.87 Å². The van der Waals surface area contributed by atoms with Crippen molar-refractivity contribution in [1.29, 1.82) is 0 Å². The lowest BCUT2D eigenvalue weighted by Gasteiger charge is -2.37. The molecule has 0 saturated carbocycles. The summed E-state index contributed by atoms with van der Waals surface area (Å²) in [6.45, 7) is 2.95. The zero-order valence-electron chi connectivity index (χ0n) is 18.4. The maximum atomic E-state index is 12.9. The van der Waals surface area contributed by atoms with E-state index in [1.807, 2.05) is 11.8 Å². The van der Waals surface area contributed by atoms with Crippen molar-refractivity contribution < 1.29 is 21.6 Å². The number of hydrogen-bond donors (Lipinski definition) is 0. The summed E-state index contributed by atoms with van der Waals surface area (Å²) in [7, 11) is -2.30. The fourth-order valence-electron chi connectivity index (χ4n) is 4.09.